The number of nitrogens with one attached hydrogen (secondary N) is 1. The van der Waals surface area contributed by atoms with E-state index in [2.05, 4.69) is 25.7 Å². The molecule has 3 heterocycles. The molecule has 3 fully saturated rings. The van der Waals surface area contributed by atoms with Crippen LogP contribution in [-0.2, 0) is 0 Å². The van der Waals surface area contributed by atoms with E-state index in [4.69, 9.17) is 0 Å². The summed E-state index contributed by atoms with van der Waals surface area (Å²) in [5.74, 6) is 0. The van der Waals surface area contributed by atoms with Crippen molar-refractivity contribution in [2.24, 2.45) is 0 Å². The van der Waals surface area contributed by atoms with E-state index in [9.17, 15) is 0 Å². The Bertz CT molecular complexity index is 292. The molecule has 0 amide bonds. The van der Waals surface area contributed by atoms with E-state index in [0.717, 1.165) is 6.54 Å². The molecule has 0 atom stereocenters. The van der Waals surface area contributed by atoms with E-state index in [1.165, 1.54) is 77.8 Å². The lowest BCUT2D eigenvalue weighted by molar-refractivity contribution is -0.441. The first kappa shape index (κ1) is 14.1. The molecular weight excluding hydrogens is 255 g/mol. The Balaban J connectivity index is 1.96. The first-order valence-electron chi connectivity index (χ1n) is 8.28. The summed E-state index contributed by atoms with van der Waals surface area (Å²) < 4.78 is 12.5. The van der Waals surface area contributed by atoms with Crippen molar-refractivity contribution in [1.29, 1.82) is 0 Å². The van der Waals surface area contributed by atoms with Crippen LogP contribution < -0.4 is 4.74 Å². The van der Waals surface area contributed by atoms with Crippen molar-refractivity contribution in [3.05, 3.63) is 0 Å². The van der Waals surface area contributed by atoms with Gasteiger partial charge in [-0.2, -0.15) is 0 Å². The minimum absolute atomic E-state index is 1.11. The summed E-state index contributed by atoms with van der Waals surface area (Å²) in [7, 11) is -1.39. The molecule has 3 saturated heterocycles. The Hall–Kier alpha value is 0.110. The minimum Gasteiger partial charge on any atom is -0.235 e. The molecule has 0 radical (unpaired) electrons. The van der Waals surface area contributed by atoms with Gasteiger partial charge in [0.2, 0.25) is 0 Å². The number of rotatable bonds is 4. The largest absolute Gasteiger partial charge is 0.310 e. The van der Waals surface area contributed by atoms with Gasteiger partial charge in [0.1, 0.15) is 6.54 Å². The van der Waals surface area contributed by atoms with Crippen LogP contribution in [0.15, 0.2) is 0 Å². The van der Waals surface area contributed by atoms with Gasteiger partial charge in [0, 0.05) is 39.3 Å². The lowest BCUT2D eigenvalue weighted by Crippen LogP contribution is -2.72. The van der Waals surface area contributed by atoms with E-state index < -0.39 is 7.51 Å². The molecule has 0 aromatic rings. The van der Waals surface area contributed by atoms with Crippen molar-refractivity contribution in [1.82, 2.24) is 14.0 Å². The maximum Gasteiger partial charge on any atom is 0.310 e. The van der Waals surface area contributed by atoms with Gasteiger partial charge < -0.3 is 0 Å². The molecule has 0 aliphatic carbocycles. The highest BCUT2D eigenvalue weighted by atomic mass is 31.2. The van der Waals surface area contributed by atoms with Crippen LogP contribution >= 0.6 is 7.51 Å². The van der Waals surface area contributed by atoms with Crippen LogP contribution in [-0.4, -0.2) is 59.8 Å². The molecule has 0 aromatic heterocycles. The summed E-state index contributed by atoms with van der Waals surface area (Å²) in [5.41, 5.74) is 0. The van der Waals surface area contributed by atoms with E-state index in [1.54, 1.807) is 0 Å². The second-order valence-corrected chi connectivity index (χ2v) is 9.21. The van der Waals surface area contributed by atoms with Crippen LogP contribution in [0.5, 0.6) is 0 Å². The van der Waals surface area contributed by atoms with Gasteiger partial charge in [-0.25, -0.2) is 18.8 Å². The Morgan fingerprint density at radius 3 is 1.26 bits per heavy atom. The second kappa shape index (κ2) is 6.26. The molecule has 0 saturated carbocycles. The van der Waals surface area contributed by atoms with Crippen molar-refractivity contribution < 1.29 is 4.74 Å². The third kappa shape index (κ3) is 2.53. The Kier molecular flexibility index (Phi) is 4.63. The fraction of sp³-hybridized carbons (Fsp3) is 1.00. The molecule has 0 bridgehead atoms. The topological polar surface area (TPSA) is 23.7 Å². The molecule has 3 rings (SSSR count). The van der Waals surface area contributed by atoms with Gasteiger partial charge in [-0.05, 0) is 45.4 Å². The van der Waals surface area contributed by atoms with Gasteiger partial charge >= 0.3 is 7.51 Å². The van der Waals surface area contributed by atoms with E-state index >= 15 is 0 Å². The normalized spacial score (nSPS) is 27.4. The highest BCUT2D eigenvalue weighted by Crippen LogP contribution is 2.57. The van der Waals surface area contributed by atoms with Gasteiger partial charge in [-0.3, -0.25) is 0 Å². The van der Waals surface area contributed by atoms with Crippen molar-refractivity contribution >= 4 is 7.51 Å². The molecule has 5 heteroatoms. The third-order valence-electron chi connectivity index (χ3n) is 4.80. The van der Waals surface area contributed by atoms with Crippen LogP contribution in [0, 0.1) is 0 Å². The highest BCUT2D eigenvalue weighted by Gasteiger charge is 2.48. The lowest BCUT2D eigenvalue weighted by atomic mass is 10.4. The average molecular weight is 285 g/mol. The molecule has 0 spiro atoms. The summed E-state index contributed by atoms with van der Waals surface area (Å²) in [6.07, 6.45) is 8.39. The van der Waals surface area contributed by atoms with Crippen molar-refractivity contribution in [2.75, 3.05) is 45.8 Å². The van der Waals surface area contributed by atoms with Crippen LogP contribution in [0.25, 0.3) is 0 Å². The number of hydrogen-bond donors (Lipinski definition) is 1. The summed E-state index contributed by atoms with van der Waals surface area (Å²) in [6, 6.07) is 0. The minimum atomic E-state index is -1.39. The summed E-state index contributed by atoms with van der Waals surface area (Å²) in [5, 5.41) is 0. The van der Waals surface area contributed by atoms with Crippen LogP contribution in [0.1, 0.15) is 45.4 Å². The van der Waals surface area contributed by atoms with Crippen LogP contribution in [0.2, 0.25) is 0 Å². The fourth-order valence-corrected chi connectivity index (χ4v) is 8.61. The molecule has 4 nitrogen and oxygen atoms in total. The first-order valence-corrected chi connectivity index (χ1v) is 9.93. The lowest BCUT2D eigenvalue weighted by Gasteiger charge is -2.40. The summed E-state index contributed by atoms with van der Waals surface area (Å²) in [4.78, 5) is 0. The number of hydrogen-bond acceptors (Lipinski definition) is 0. The van der Waals surface area contributed by atoms with E-state index in [0.29, 0.717) is 0 Å². The fourth-order valence-electron chi connectivity index (χ4n) is 3.99. The molecule has 0 unspecified atom stereocenters. The Labute approximate surface area is 118 Å². The zero-order valence-corrected chi connectivity index (χ0v) is 13.4. The predicted molar refractivity (Wildman–Crippen MR) is 80.8 cm³/mol. The molecular formula is C14H30N4P+. The van der Waals surface area contributed by atoms with Gasteiger partial charge in [0.25, 0.3) is 0 Å². The summed E-state index contributed by atoms with van der Waals surface area (Å²) >= 11 is 0. The SMILES string of the molecule is CC[NH+]=P(N1CCCC1)(N1CCCC1)N1CCCC1. The molecule has 3 aliphatic heterocycles. The van der Waals surface area contributed by atoms with Crippen LogP contribution in [0.3, 0.4) is 0 Å². The van der Waals surface area contributed by atoms with Gasteiger partial charge in [0.05, 0.1) is 0 Å². The third-order valence-corrected chi connectivity index (χ3v) is 9.11. The second-order valence-electron chi connectivity index (χ2n) is 6.06. The maximum atomic E-state index is 4.01. The summed E-state index contributed by atoms with van der Waals surface area (Å²) in [6.45, 7) is 11.3. The molecule has 3 aliphatic rings. The molecule has 110 valence electrons. The zero-order valence-electron chi connectivity index (χ0n) is 12.5. The maximum absolute atomic E-state index is 4.01. The van der Waals surface area contributed by atoms with E-state index in [1.807, 2.05) is 0 Å². The Morgan fingerprint density at radius 1 is 0.684 bits per heavy atom. The van der Waals surface area contributed by atoms with E-state index in [-0.39, 0.29) is 0 Å². The monoisotopic (exact) mass is 285 g/mol. The first-order chi connectivity index (χ1) is 9.38. The average Bonchev–Trinajstić information content (AvgIpc) is 3.18. The standard InChI is InChI=1S/C14H29N4P/c1-2-15-19(16-9-3-4-10-16,17-11-5-6-12-17)18-13-7-8-14-18/h2-14H2,1H3/p+1. The Morgan fingerprint density at radius 2 is 1.00 bits per heavy atom. The van der Waals surface area contributed by atoms with Crippen molar-refractivity contribution in [3.63, 3.8) is 0 Å². The van der Waals surface area contributed by atoms with Crippen molar-refractivity contribution in [3.8, 4) is 0 Å². The smallest absolute Gasteiger partial charge is 0.235 e. The molecule has 1 N–H and O–H groups in total. The number of nitrogens with zero attached hydrogens (tertiary/aromatic N) is 3. The van der Waals surface area contributed by atoms with Crippen LogP contribution in [0.4, 0.5) is 0 Å². The highest BCUT2D eigenvalue weighted by molar-refractivity contribution is 7.56. The quantitative estimate of drug-likeness (QED) is 0.788. The molecule has 19 heavy (non-hydrogen) atoms. The predicted octanol–water partition coefficient (Wildman–Crippen LogP) is 1.32. The zero-order chi connectivity index (χ0) is 13.1. The van der Waals surface area contributed by atoms with Crippen molar-refractivity contribution in [2.45, 2.75) is 45.4 Å². The van der Waals surface area contributed by atoms with Gasteiger partial charge in [-0.1, -0.05) is 0 Å². The molecule has 0 aromatic carbocycles. The van der Waals surface area contributed by atoms with Gasteiger partial charge in [-0.15, -0.1) is 0 Å². The van der Waals surface area contributed by atoms with Gasteiger partial charge in [0.15, 0.2) is 0 Å².